The fraction of sp³-hybridized carbons (Fsp3) is 0.588. The van der Waals surface area contributed by atoms with Crippen molar-refractivity contribution in [1.82, 2.24) is 0 Å². The van der Waals surface area contributed by atoms with E-state index in [1.807, 2.05) is 6.07 Å². The lowest BCUT2D eigenvalue weighted by molar-refractivity contribution is -0.312. The summed E-state index contributed by atoms with van der Waals surface area (Å²) in [5.74, 6) is -1.07. The number of aliphatic hydroxyl groups excluding tert-OH is 1. The van der Waals surface area contributed by atoms with E-state index < -0.39 is 11.9 Å². The first-order valence-electron chi connectivity index (χ1n) is 7.89. The van der Waals surface area contributed by atoms with Gasteiger partial charge in [0.05, 0.1) is 24.4 Å². The number of carbonyl (C=O) groups excluding carboxylic acids is 1. The highest BCUT2D eigenvalue weighted by atomic mass is 16.7. The van der Waals surface area contributed by atoms with Crippen LogP contribution in [0.5, 0.6) is 0 Å². The van der Waals surface area contributed by atoms with Crippen LogP contribution in [-0.2, 0) is 14.2 Å². The fourth-order valence-corrected chi connectivity index (χ4v) is 3.15. The molecule has 2 saturated heterocycles. The van der Waals surface area contributed by atoms with E-state index >= 15 is 0 Å². The van der Waals surface area contributed by atoms with E-state index in [9.17, 15) is 9.90 Å². The van der Waals surface area contributed by atoms with E-state index in [2.05, 4.69) is 0 Å². The molecule has 1 N–H and O–H groups in total. The molecular formula is C17H22O5. The van der Waals surface area contributed by atoms with Gasteiger partial charge in [0.15, 0.2) is 5.79 Å². The Morgan fingerprint density at radius 1 is 1.32 bits per heavy atom. The van der Waals surface area contributed by atoms with Crippen LogP contribution in [0.3, 0.4) is 0 Å². The van der Waals surface area contributed by atoms with Crippen LogP contribution in [0.2, 0.25) is 0 Å². The Balaban J connectivity index is 1.56. The smallest absolute Gasteiger partial charge is 0.338 e. The molecule has 0 aromatic heterocycles. The molecule has 5 heteroatoms. The van der Waals surface area contributed by atoms with Gasteiger partial charge in [-0.2, -0.15) is 0 Å². The standard InChI is InChI=1S/C17H22O5/c18-14-10-15(22-17(11-14)8-4-5-9-21-17)12-20-16(19)13-6-2-1-3-7-13/h1-3,6-7,14-15,18H,4-5,8-12H2/t14-,15-,17-/m0/s1. The number of esters is 1. The normalized spacial score (nSPS) is 31.9. The third-order valence-corrected chi connectivity index (χ3v) is 4.19. The minimum atomic E-state index is -0.695. The molecule has 0 saturated carbocycles. The first kappa shape index (κ1) is 15.5. The monoisotopic (exact) mass is 306 g/mol. The van der Waals surface area contributed by atoms with E-state index in [-0.39, 0.29) is 18.7 Å². The second-order valence-corrected chi connectivity index (χ2v) is 6.01. The molecule has 0 aliphatic carbocycles. The molecule has 120 valence electrons. The molecule has 5 nitrogen and oxygen atoms in total. The van der Waals surface area contributed by atoms with Crippen LogP contribution in [0.1, 0.15) is 42.5 Å². The molecule has 0 amide bonds. The summed E-state index contributed by atoms with van der Waals surface area (Å²) >= 11 is 0. The van der Waals surface area contributed by atoms with Gasteiger partial charge in [0, 0.05) is 19.3 Å². The van der Waals surface area contributed by atoms with E-state index in [0.717, 1.165) is 19.3 Å². The number of aliphatic hydroxyl groups is 1. The molecule has 0 bridgehead atoms. The van der Waals surface area contributed by atoms with Crippen molar-refractivity contribution in [3.05, 3.63) is 35.9 Å². The first-order valence-corrected chi connectivity index (χ1v) is 7.89. The minimum absolute atomic E-state index is 0.135. The molecule has 2 fully saturated rings. The molecule has 22 heavy (non-hydrogen) atoms. The molecule has 0 radical (unpaired) electrons. The van der Waals surface area contributed by atoms with Gasteiger partial charge in [-0.25, -0.2) is 4.79 Å². The van der Waals surface area contributed by atoms with E-state index in [1.165, 1.54) is 0 Å². The summed E-state index contributed by atoms with van der Waals surface area (Å²) in [5.41, 5.74) is 0.516. The summed E-state index contributed by atoms with van der Waals surface area (Å²) in [6.07, 6.45) is 3.00. The van der Waals surface area contributed by atoms with Crippen LogP contribution < -0.4 is 0 Å². The van der Waals surface area contributed by atoms with E-state index in [0.29, 0.717) is 25.0 Å². The van der Waals surface area contributed by atoms with Gasteiger partial charge in [-0.15, -0.1) is 0 Å². The van der Waals surface area contributed by atoms with Crippen molar-refractivity contribution in [2.24, 2.45) is 0 Å². The Morgan fingerprint density at radius 2 is 2.14 bits per heavy atom. The Labute approximate surface area is 130 Å². The zero-order chi connectivity index (χ0) is 15.4. The average Bonchev–Trinajstić information content (AvgIpc) is 2.53. The molecule has 1 aromatic carbocycles. The molecule has 1 aromatic rings. The lowest BCUT2D eigenvalue weighted by Gasteiger charge is -2.44. The van der Waals surface area contributed by atoms with Crippen molar-refractivity contribution in [3.8, 4) is 0 Å². The van der Waals surface area contributed by atoms with Crippen LogP contribution in [-0.4, -0.2) is 42.3 Å². The van der Waals surface area contributed by atoms with Gasteiger partial charge in [-0.05, 0) is 25.0 Å². The number of hydrogen-bond acceptors (Lipinski definition) is 5. The average molecular weight is 306 g/mol. The van der Waals surface area contributed by atoms with E-state index in [4.69, 9.17) is 14.2 Å². The SMILES string of the molecule is O=C(OC[C@@H]1C[C@H](O)C[C@]2(CCCCO2)O1)c1ccccc1. The van der Waals surface area contributed by atoms with Crippen LogP contribution in [0, 0.1) is 0 Å². The van der Waals surface area contributed by atoms with Crippen molar-refractivity contribution in [1.29, 1.82) is 0 Å². The number of rotatable bonds is 3. The predicted octanol–water partition coefficient (Wildman–Crippen LogP) is 2.28. The lowest BCUT2D eigenvalue weighted by Crippen LogP contribution is -2.51. The second kappa shape index (κ2) is 6.77. The largest absolute Gasteiger partial charge is 0.459 e. The second-order valence-electron chi connectivity index (χ2n) is 6.01. The van der Waals surface area contributed by atoms with Crippen molar-refractivity contribution < 1.29 is 24.1 Å². The summed E-state index contributed by atoms with van der Waals surface area (Å²) in [7, 11) is 0. The minimum Gasteiger partial charge on any atom is -0.459 e. The quantitative estimate of drug-likeness (QED) is 0.868. The molecule has 3 rings (SSSR count). The van der Waals surface area contributed by atoms with Gasteiger partial charge < -0.3 is 19.3 Å². The highest BCUT2D eigenvalue weighted by molar-refractivity contribution is 5.89. The molecule has 2 aliphatic heterocycles. The maximum atomic E-state index is 12.0. The molecule has 1 spiro atoms. The molecule has 2 aliphatic rings. The van der Waals surface area contributed by atoms with Crippen LogP contribution >= 0.6 is 0 Å². The third kappa shape index (κ3) is 3.66. The summed E-state index contributed by atoms with van der Waals surface area (Å²) < 4.78 is 17.1. The molecule has 3 atom stereocenters. The van der Waals surface area contributed by atoms with Crippen molar-refractivity contribution in [3.63, 3.8) is 0 Å². The fourth-order valence-electron chi connectivity index (χ4n) is 3.15. The Hall–Kier alpha value is -1.43. The maximum absolute atomic E-state index is 12.0. The lowest BCUT2D eigenvalue weighted by atomic mass is 9.93. The number of hydrogen-bond donors (Lipinski definition) is 1. The Morgan fingerprint density at radius 3 is 2.86 bits per heavy atom. The summed E-state index contributed by atoms with van der Waals surface area (Å²) in [5, 5.41) is 10.1. The third-order valence-electron chi connectivity index (χ3n) is 4.19. The van der Waals surface area contributed by atoms with Gasteiger partial charge in [-0.3, -0.25) is 0 Å². The highest BCUT2D eigenvalue weighted by Gasteiger charge is 2.43. The summed E-state index contributed by atoms with van der Waals surface area (Å²) in [4.78, 5) is 12.0. The number of ether oxygens (including phenoxy) is 3. The van der Waals surface area contributed by atoms with Crippen molar-refractivity contribution in [2.75, 3.05) is 13.2 Å². The van der Waals surface area contributed by atoms with Crippen LogP contribution in [0.4, 0.5) is 0 Å². The van der Waals surface area contributed by atoms with Crippen molar-refractivity contribution >= 4 is 5.97 Å². The van der Waals surface area contributed by atoms with Crippen LogP contribution in [0.15, 0.2) is 30.3 Å². The zero-order valence-electron chi connectivity index (χ0n) is 12.6. The Bertz CT molecular complexity index is 495. The van der Waals surface area contributed by atoms with Crippen LogP contribution in [0.25, 0.3) is 0 Å². The molecular weight excluding hydrogens is 284 g/mol. The summed E-state index contributed by atoms with van der Waals surface area (Å²) in [6, 6.07) is 8.86. The highest BCUT2D eigenvalue weighted by Crippen LogP contribution is 2.37. The first-order chi connectivity index (χ1) is 10.7. The van der Waals surface area contributed by atoms with Gasteiger partial charge in [-0.1, -0.05) is 18.2 Å². The van der Waals surface area contributed by atoms with Gasteiger partial charge in [0.1, 0.15) is 6.61 Å². The van der Waals surface area contributed by atoms with Gasteiger partial charge in [0.25, 0.3) is 0 Å². The number of carbonyl (C=O) groups is 1. The number of benzene rings is 1. The Kier molecular flexibility index (Phi) is 4.76. The predicted molar refractivity (Wildman–Crippen MR) is 79.4 cm³/mol. The van der Waals surface area contributed by atoms with Crippen molar-refractivity contribution in [2.45, 2.75) is 50.1 Å². The summed E-state index contributed by atoms with van der Waals surface area (Å²) in [6.45, 7) is 0.791. The topological polar surface area (TPSA) is 65.0 Å². The van der Waals surface area contributed by atoms with E-state index in [1.54, 1.807) is 24.3 Å². The zero-order valence-corrected chi connectivity index (χ0v) is 12.6. The van der Waals surface area contributed by atoms with Gasteiger partial charge in [0.2, 0.25) is 0 Å². The molecule has 0 unspecified atom stereocenters. The van der Waals surface area contributed by atoms with Gasteiger partial charge >= 0.3 is 5.97 Å². The maximum Gasteiger partial charge on any atom is 0.338 e. The molecule has 2 heterocycles.